The van der Waals surface area contributed by atoms with Crippen LogP contribution < -0.4 is 11.1 Å². The van der Waals surface area contributed by atoms with Gasteiger partial charge in [-0.15, -0.1) is 0 Å². The van der Waals surface area contributed by atoms with E-state index in [9.17, 15) is 9.59 Å². The highest BCUT2D eigenvalue weighted by Crippen LogP contribution is 2.34. The Balaban J connectivity index is 2.66. The molecule has 1 heterocycles. The van der Waals surface area contributed by atoms with Crippen LogP contribution in [0.4, 0.5) is 4.79 Å². The minimum absolute atomic E-state index is 0.0779. The number of nitrogens with two attached hydrogens (primary N) is 1. The van der Waals surface area contributed by atoms with E-state index in [0.29, 0.717) is 25.9 Å². The normalized spacial score (nSPS) is 19.7. The summed E-state index contributed by atoms with van der Waals surface area (Å²) < 4.78 is 0. The van der Waals surface area contributed by atoms with Gasteiger partial charge in [-0.3, -0.25) is 4.79 Å². The van der Waals surface area contributed by atoms with Crippen LogP contribution in [0.1, 0.15) is 26.2 Å². The molecule has 3 N–H and O–H groups in total. The maximum absolute atomic E-state index is 11.8. The van der Waals surface area contributed by atoms with Crippen molar-refractivity contribution in [1.82, 2.24) is 10.2 Å². The van der Waals surface area contributed by atoms with Crippen molar-refractivity contribution in [3.8, 4) is 0 Å². The van der Waals surface area contributed by atoms with Gasteiger partial charge in [0.05, 0.1) is 5.41 Å². The Morgan fingerprint density at radius 2 is 1.93 bits per heavy atom. The van der Waals surface area contributed by atoms with E-state index in [1.165, 1.54) is 0 Å². The van der Waals surface area contributed by atoms with Crippen LogP contribution in [0.3, 0.4) is 0 Å². The maximum Gasteiger partial charge on any atom is 0.314 e. The Kier molecular flexibility index (Phi) is 3.55. The fourth-order valence-electron chi connectivity index (χ4n) is 2.16. The smallest absolute Gasteiger partial charge is 0.314 e. The van der Waals surface area contributed by atoms with Gasteiger partial charge in [0.2, 0.25) is 5.91 Å². The van der Waals surface area contributed by atoms with Crippen LogP contribution in [-0.4, -0.2) is 37.0 Å². The number of rotatable bonds is 2. The monoisotopic (exact) mass is 213 g/mol. The number of hydrogen-bond acceptors (Lipinski definition) is 2. The second-order valence-corrected chi connectivity index (χ2v) is 4.04. The van der Waals surface area contributed by atoms with E-state index in [-0.39, 0.29) is 11.3 Å². The van der Waals surface area contributed by atoms with E-state index in [0.717, 1.165) is 6.42 Å². The number of amides is 3. The molecule has 0 aromatic carbocycles. The van der Waals surface area contributed by atoms with E-state index < -0.39 is 6.03 Å². The fraction of sp³-hybridized carbons (Fsp3) is 0.800. The third-order valence-corrected chi connectivity index (χ3v) is 3.42. The number of nitrogens with zero attached hydrogens (tertiary/aromatic N) is 1. The molecule has 0 atom stereocenters. The first-order chi connectivity index (χ1) is 7.05. The molecule has 86 valence electrons. The van der Waals surface area contributed by atoms with Crippen molar-refractivity contribution in [3.63, 3.8) is 0 Å². The summed E-state index contributed by atoms with van der Waals surface area (Å²) in [5.41, 5.74) is 4.89. The van der Waals surface area contributed by atoms with Crippen LogP contribution in [0.2, 0.25) is 0 Å². The molecular formula is C10H19N3O2. The van der Waals surface area contributed by atoms with Gasteiger partial charge in [0.15, 0.2) is 0 Å². The van der Waals surface area contributed by atoms with E-state index in [2.05, 4.69) is 5.32 Å². The lowest BCUT2D eigenvalue weighted by Gasteiger charge is -2.39. The molecular weight excluding hydrogens is 194 g/mol. The molecule has 15 heavy (non-hydrogen) atoms. The molecule has 1 aliphatic heterocycles. The molecule has 1 rings (SSSR count). The second-order valence-electron chi connectivity index (χ2n) is 4.04. The average Bonchev–Trinajstić information content (AvgIpc) is 2.27. The number of carbonyl (C=O) groups excluding carboxylic acids is 2. The van der Waals surface area contributed by atoms with Crippen molar-refractivity contribution in [2.45, 2.75) is 26.2 Å². The Morgan fingerprint density at radius 1 is 1.40 bits per heavy atom. The number of piperidine rings is 1. The first kappa shape index (κ1) is 11.8. The van der Waals surface area contributed by atoms with Gasteiger partial charge in [0.1, 0.15) is 0 Å². The van der Waals surface area contributed by atoms with Crippen LogP contribution in [0.25, 0.3) is 0 Å². The lowest BCUT2D eigenvalue weighted by molar-refractivity contribution is -0.133. The highest BCUT2D eigenvalue weighted by atomic mass is 16.2. The zero-order valence-electron chi connectivity index (χ0n) is 9.38. The highest BCUT2D eigenvalue weighted by molar-refractivity contribution is 5.82. The van der Waals surface area contributed by atoms with Gasteiger partial charge < -0.3 is 16.0 Å². The minimum atomic E-state index is -0.392. The molecule has 0 saturated carbocycles. The van der Waals surface area contributed by atoms with Gasteiger partial charge in [0.25, 0.3) is 0 Å². The quantitative estimate of drug-likeness (QED) is 0.692. The summed E-state index contributed by atoms with van der Waals surface area (Å²) in [5.74, 6) is 0.0779. The minimum Gasteiger partial charge on any atom is -0.359 e. The predicted molar refractivity (Wildman–Crippen MR) is 57.2 cm³/mol. The molecule has 1 aliphatic rings. The van der Waals surface area contributed by atoms with Crippen LogP contribution in [0.15, 0.2) is 0 Å². The maximum atomic E-state index is 11.8. The summed E-state index contributed by atoms with van der Waals surface area (Å²) in [6, 6.07) is -0.392. The third-order valence-electron chi connectivity index (χ3n) is 3.42. The number of carbonyl (C=O) groups is 2. The topological polar surface area (TPSA) is 75.4 Å². The Hall–Kier alpha value is -1.26. The zero-order valence-corrected chi connectivity index (χ0v) is 9.38. The van der Waals surface area contributed by atoms with Crippen molar-refractivity contribution in [2.24, 2.45) is 11.1 Å². The average molecular weight is 213 g/mol. The van der Waals surface area contributed by atoms with Crippen molar-refractivity contribution in [3.05, 3.63) is 0 Å². The predicted octanol–water partition coefficient (Wildman–Crippen LogP) is 0.303. The summed E-state index contributed by atoms with van der Waals surface area (Å²) in [5, 5.41) is 2.70. The van der Waals surface area contributed by atoms with Gasteiger partial charge >= 0.3 is 6.03 Å². The first-order valence-electron chi connectivity index (χ1n) is 5.32. The van der Waals surface area contributed by atoms with Crippen LogP contribution in [0, 0.1) is 5.41 Å². The summed E-state index contributed by atoms with van der Waals surface area (Å²) in [7, 11) is 1.65. The molecule has 5 heteroatoms. The number of nitrogens with one attached hydrogen (secondary N) is 1. The molecule has 3 amide bonds. The van der Waals surface area contributed by atoms with Gasteiger partial charge in [-0.2, -0.15) is 0 Å². The van der Waals surface area contributed by atoms with Crippen molar-refractivity contribution in [1.29, 1.82) is 0 Å². The van der Waals surface area contributed by atoms with Gasteiger partial charge in [-0.1, -0.05) is 6.92 Å². The third kappa shape index (κ3) is 2.22. The van der Waals surface area contributed by atoms with Crippen LogP contribution in [-0.2, 0) is 4.79 Å². The van der Waals surface area contributed by atoms with Gasteiger partial charge in [0, 0.05) is 20.1 Å². The Labute approximate surface area is 90.0 Å². The standard InChI is InChI=1S/C10H19N3O2/c1-3-10(8(14)12-2)4-6-13(7-5-10)9(11)15/h3-7H2,1-2H3,(H2,11,15)(H,12,14). The van der Waals surface area contributed by atoms with Crippen molar-refractivity contribution >= 4 is 11.9 Å². The largest absolute Gasteiger partial charge is 0.359 e. The fourth-order valence-corrected chi connectivity index (χ4v) is 2.16. The molecule has 5 nitrogen and oxygen atoms in total. The molecule has 1 saturated heterocycles. The summed E-state index contributed by atoms with van der Waals surface area (Å²) in [6.45, 7) is 3.17. The van der Waals surface area contributed by atoms with E-state index in [1.807, 2.05) is 6.92 Å². The first-order valence-corrected chi connectivity index (χ1v) is 5.32. The molecule has 0 aromatic rings. The molecule has 1 fully saturated rings. The SMILES string of the molecule is CCC1(C(=O)NC)CCN(C(N)=O)CC1. The number of primary amides is 1. The lowest BCUT2D eigenvalue weighted by Crippen LogP contribution is -2.50. The van der Waals surface area contributed by atoms with E-state index in [1.54, 1.807) is 11.9 Å². The lowest BCUT2D eigenvalue weighted by atomic mass is 9.75. The Morgan fingerprint density at radius 3 is 2.27 bits per heavy atom. The van der Waals surface area contributed by atoms with E-state index >= 15 is 0 Å². The summed E-state index contributed by atoms with van der Waals surface area (Å²) in [6.07, 6.45) is 2.21. The Bertz CT molecular complexity index is 257. The zero-order chi connectivity index (χ0) is 11.5. The van der Waals surface area contributed by atoms with Crippen LogP contribution in [0.5, 0.6) is 0 Å². The van der Waals surface area contributed by atoms with Crippen molar-refractivity contribution in [2.75, 3.05) is 20.1 Å². The van der Waals surface area contributed by atoms with Gasteiger partial charge in [-0.25, -0.2) is 4.79 Å². The molecule has 0 unspecified atom stereocenters. The molecule has 0 radical (unpaired) electrons. The molecule has 0 spiro atoms. The van der Waals surface area contributed by atoms with E-state index in [4.69, 9.17) is 5.73 Å². The summed E-state index contributed by atoms with van der Waals surface area (Å²) >= 11 is 0. The number of urea groups is 1. The second kappa shape index (κ2) is 4.51. The van der Waals surface area contributed by atoms with Crippen LogP contribution >= 0.6 is 0 Å². The highest BCUT2D eigenvalue weighted by Gasteiger charge is 2.39. The number of likely N-dealkylation sites (tertiary alicyclic amines) is 1. The molecule has 0 aliphatic carbocycles. The molecule has 0 aromatic heterocycles. The van der Waals surface area contributed by atoms with Gasteiger partial charge in [-0.05, 0) is 19.3 Å². The van der Waals surface area contributed by atoms with Crippen molar-refractivity contribution < 1.29 is 9.59 Å². The number of hydrogen-bond donors (Lipinski definition) is 2. The summed E-state index contributed by atoms with van der Waals surface area (Å²) in [4.78, 5) is 24.3. The molecule has 0 bridgehead atoms.